The Labute approximate surface area is 134 Å². The number of nitro groups is 1. The fourth-order valence-corrected chi connectivity index (χ4v) is 2.26. The molecule has 0 saturated heterocycles. The minimum absolute atomic E-state index is 0.108. The molecule has 0 spiro atoms. The van der Waals surface area contributed by atoms with Crippen LogP contribution >= 0.6 is 0 Å². The fraction of sp³-hybridized carbons (Fsp3) is 0.294. The standard InChI is InChI=1S/C17H19N3O3/c1-2-3-4-5-17(21)19-15-7-6-14(12-16(15)20(22)23)13-8-10-18-11-9-13/h6-12H,2-5H2,1H3,(H,19,21). The number of carbonyl (C=O) groups is 1. The summed E-state index contributed by atoms with van der Waals surface area (Å²) in [4.78, 5) is 26.6. The van der Waals surface area contributed by atoms with E-state index in [1.165, 1.54) is 6.07 Å². The number of anilines is 1. The van der Waals surface area contributed by atoms with Gasteiger partial charge < -0.3 is 5.32 Å². The van der Waals surface area contributed by atoms with E-state index in [1.807, 2.05) is 0 Å². The number of benzene rings is 1. The Bertz CT molecular complexity index is 687. The highest BCUT2D eigenvalue weighted by molar-refractivity contribution is 5.93. The molecule has 0 aliphatic rings. The zero-order chi connectivity index (χ0) is 16.7. The van der Waals surface area contributed by atoms with Crippen molar-refractivity contribution < 1.29 is 9.72 Å². The van der Waals surface area contributed by atoms with Gasteiger partial charge in [-0.05, 0) is 35.7 Å². The van der Waals surface area contributed by atoms with Crippen molar-refractivity contribution in [2.75, 3.05) is 5.32 Å². The van der Waals surface area contributed by atoms with Crippen molar-refractivity contribution in [3.05, 3.63) is 52.8 Å². The van der Waals surface area contributed by atoms with Gasteiger partial charge in [0.25, 0.3) is 5.69 Å². The summed E-state index contributed by atoms with van der Waals surface area (Å²) in [6, 6.07) is 8.36. The molecule has 0 saturated carbocycles. The Kier molecular flexibility index (Phi) is 5.80. The SMILES string of the molecule is CCCCCC(=O)Nc1ccc(-c2ccncc2)cc1[N+](=O)[O-]. The molecule has 1 N–H and O–H groups in total. The van der Waals surface area contributed by atoms with Gasteiger partial charge in [-0.15, -0.1) is 0 Å². The van der Waals surface area contributed by atoms with Crippen LogP contribution in [0.2, 0.25) is 0 Å². The average Bonchev–Trinajstić information content (AvgIpc) is 2.56. The van der Waals surface area contributed by atoms with Crippen LogP contribution in [0.15, 0.2) is 42.7 Å². The predicted octanol–water partition coefficient (Wildman–Crippen LogP) is 4.18. The van der Waals surface area contributed by atoms with Crippen LogP contribution in [0.5, 0.6) is 0 Å². The van der Waals surface area contributed by atoms with E-state index in [0.717, 1.165) is 24.8 Å². The molecule has 0 unspecified atom stereocenters. The van der Waals surface area contributed by atoms with Crippen LogP contribution in [0.4, 0.5) is 11.4 Å². The van der Waals surface area contributed by atoms with Crippen molar-refractivity contribution in [2.24, 2.45) is 0 Å². The molecule has 6 nitrogen and oxygen atoms in total. The number of hydrogen-bond donors (Lipinski definition) is 1. The first kappa shape index (κ1) is 16.6. The number of nitrogens with one attached hydrogen (secondary N) is 1. The van der Waals surface area contributed by atoms with Crippen LogP contribution in [0, 0.1) is 10.1 Å². The van der Waals surface area contributed by atoms with E-state index in [1.54, 1.807) is 36.7 Å². The first-order valence-electron chi connectivity index (χ1n) is 7.60. The highest BCUT2D eigenvalue weighted by Gasteiger charge is 2.17. The summed E-state index contributed by atoms with van der Waals surface area (Å²) in [5.41, 5.74) is 1.67. The largest absolute Gasteiger partial charge is 0.320 e. The van der Waals surface area contributed by atoms with Crippen LogP contribution in [-0.4, -0.2) is 15.8 Å². The van der Waals surface area contributed by atoms with Gasteiger partial charge in [-0.2, -0.15) is 0 Å². The van der Waals surface area contributed by atoms with Crippen molar-refractivity contribution in [2.45, 2.75) is 32.6 Å². The topological polar surface area (TPSA) is 85.1 Å². The molecule has 6 heteroatoms. The predicted molar refractivity (Wildman–Crippen MR) is 89.1 cm³/mol. The molecule has 0 aliphatic carbocycles. The highest BCUT2D eigenvalue weighted by atomic mass is 16.6. The number of aromatic nitrogens is 1. The second-order valence-corrected chi connectivity index (χ2v) is 5.23. The lowest BCUT2D eigenvalue weighted by Crippen LogP contribution is -2.12. The minimum Gasteiger partial charge on any atom is -0.320 e. The Morgan fingerprint density at radius 2 is 1.91 bits per heavy atom. The zero-order valence-corrected chi connectivity index (χ0v) is 13.0. The van der Waals surface area contributed by atoms with Gasteiger partial charge >= 0.3 is 0 Å². The summed E-state index contributed by atoms with van der Waals surface area (Å²) in [6.45, 7) is 2.06. The first-order valence-corrected chi connectivity index (χ1v) is 7.60. The van der Waals surface area contributed by atoms with Gasteiger partial charge in [-0.25, -0.2) is 0 Å². The third-order valence-electron chi connectivity index (χ3n) is 3.49. The molecule has 1 aromatic heterocycles. The quantitative estimate of drug-likeness (QED) is 0.472. The first-order chi connectivity index (χ1) is 11.1. The molecule has 0 atom stereocenters. The lowest BCUT2D eigenvalue weighted by atomic mass is 10.1. The fourth-order valence-electron chi connectivity index (χ4n) is 2.26. The van der Waals surface area contributed by atoms with Gasteiger partial charge in [0.1, 0.15) is 5.69 Å². The van der Waals surface area contributed by atoms with E-state index in [2.05, 4.69) is 17.2 Å². The third-order valence-corrected chi connectivity index (χ3v) is 3.49. The zero-order valence-electron chi connectivity index (χ0n) is 13.0. The molecule has 120 valence electrons. The Morgan fingerprint density at radius 3 is 2.57 bits per heavy atom. The number of nitro benzene ring substituents is 1. The third kappa shape index (κ3) is 4.60. The summed E-state index contributed by atoms with van der Waals surface area (Å²) < 4.78 is 0. The average molecular weight is 313 g/mol. The molecule has 0 aliphatic heterocycles. The molecule has 2 aromatic rings. The number of pyridine rings is 1. The van der Waals surface area contributed by atoms with Crippen molar-refractivity contribution >= 4 is 17.3 Å². The van der Waals surface area contributed by atoms with E-state index in [4.69, 9.17) is 0 Å². The van der Waals surface area contributed by atoms with Crippen molar-refractivity contribution in [3.63, 3.8) is 0 Å². The second-order valence-electron chi connectivity index (χ2n) is 5.23. The van der Waals surface area contributed by atoms with E-state index in [9.17, 15) is 14.9 Å². The van der Waals surface area contributed by atoms with Crippen LogP contribution in [0.25, 0.3) is 11.1 Å². The van der Waals surface area contributed by atoms with Gasteiger partial charge in [0.15, 0.2) is 0 Å². The smallest absolute Gasteiger partial charge is 0.293 e. The van der Waals surface area contributed by atoms with Crippen LogP contribution in [-0.2, 0) is 4.79 Å². The molecule has 2 rings (SSSR count). The molecule has 1 heterocycles. The van der Waals surface area contributed by atoms with Crippen LogP contribution < -0.4 is 5.32 Å². The summed E-state index contributed by atoms with van der Waals surface area (Å²) in [5.74, 6) is -0.196. The van der Waals surface area contributed by atoms with E-state index < -0.39 is 4.92 Å². The molecule has 0 fully saturated rings. The highest BCUT2D eigenvalue weighted by Crippen LogP contribution is 2.30. The Hall–Kier alpha value is -2.76. The maximum absolute atomic E-state index is 11.9. The van der Waals surface area contributed by atoms with Crippen LogP contribution in [0.1, 0.15) is 32.6 Å². The molecule has 23 heavy (non-hydrogen) atoms. The Balaban J connectivity index is 2.20. The molecule has 0 radical (unpaired) electrons. The maximum Gasteiger partial charge on any atom is 0.293 e. The minimum atomic E-state index is -0.480. The summed E-state index contributed by atoms with van der Waals surface area (Å²) in [7, 11) is 0. The van der Waals surface area contributed by atoms with Gasteiger partial charge in [0.2, 0.25) is 5.91 Å². The molecule has 1 aromatic carbocycles. The number of nitrogens with zero attached hydrogens (tertiary/aromatic N) is 2. The molecular weight excluding hydrogens is 294 g/mol. The van der Waals surface area contributed by atoms with Gasteiger partial charge in [-0.1, -0.05) is 25.8 Å². The monoisotopic (exact) mass is 313 g/mol. The number of carbonyl (C=O) groups excluding carboxylic acids is 1. The number of amides is 1. The molecule has 0 bridgehead atoms. The van der Waals surface area contributed by atoms with E-state index >= 15 is 0 Å². The van der Waals surface area contributed by atoms with Crippen molar-refractivity contribution in [1.82, 2.24) is 4.98 Å². The summed E-state index contributed by atoms with van der Waals surface area (Å²) in [5, 5.41) is 13.9. The summed E-state index contributed by atoms with van der Waals surface area (Å²) in [6.07, 6.45) is 6.40. The van der Waals surface area contributed by atoms with E-state index in [0.29, 0.717) is 12.0 Å². The van der Waals surface area contributed by atoms with Crippen molar-refractivity contribution in [3.8, 4) is 11.1 Å². The van der Waals surface area contributed by atoms with Crippen LogP contribution in [0.3, 0.4) is 0 Å². The number of rotatable bonds is 7. The van der Waals surface area contributed by atoms with Crippen molar-refractivity contribution in [1.29, 1.82) is 0 Å². The Morgan fingerprint density at radius 1 is 1.17 bits per heavy atom. The van der Waals surface area contributed by atoms with Gasteiger partial charge in [0, 0.05) is 24.9 Å². The lowest BCUT2D eigenvalue weighted by molar-refractivity contribution is -0.383. The van der Waals surface area contributed by atoms with E-state index in [-0.39, 0.29) is 17.3 Å². The normalized spacial score (nSPS) is 10.3. The number of unbranched alkanes of at least 4 members (excludes halogenated alkanes) is 2. The lowest BCUT2D eigenvalue weighted by Gasteiger charge is -2.08. The number of hydrogen-bond acceptors (Lipinski definition) is 4. The summed E-state index contributed by atoms with van der Waals surface area (Å²) >= 11 is 0. The maximum atomic E-state index is 11.9. The van der Waals surface area contributed by atoms with Gasteiger partial charge in [0.05, 0.1) is 4.92 Å². The molecular formula is C17H19N3O3. The van der Waals surface area contributed by atoms with Gasteiger partial charge in [-0.3, -0.25) is 19.9 Å². The second kappa shape index (κ2) is 8.03. The molecule has 1 amide bonds.